The quantitative estimate of drug-likeness (QED) is 0.357. The van der Waals surface area contributed by atoms with E-state index in [1.165, 1.54) is 61.6 Å². The Morgan fingerprint density at radius 2 is 1.66 bits per heavy atom. The number of hydrogen-bond donors (Lipinski definition) is 0. The number of ether oxygens (including phenoxy) is 1. The number of rotatable bonds is 9. The molecule has 0 spiro atoms. The van der Waals surface area contributed by atoms with E-state index in [0.29, 0.717) is 5.92 Å². The Balaban J connectivity index is 1.37. The maximum atomic E-state index is 15.2. The largest absolute Gasteiger partial charge is 0.494 e. The monoisotopic (exact) mass is 436 g/mol. The number of fused-ring (bicyclic) bond motifs is 1. The fourth-order valence-corrected chi connectivity index (χ4v) is 5.83. The second kappa shape index (κ2) is 11.3. The molecule has 0 N–H and O–H groups in total. The van der Waals surface area contributed by atoms with Gasteiger partial charge in [0.1, 0.15) is 11.6 Å². The zero-order valence-corrected chi connectivity index (χ0v) is 20.2. The molecular weight excluding hydrogens is 395 g/mol. The average molecular weight is 437 g/mol. The Morgan fingerprint density at radius 1 is 0.844 bits per heavy atom. The summed E-state index contributed by atoms with van der Waals surface area (Å²) in [4.78, 5) is 0. The number of benzene rings is 2. The van der Waals surface area contributed by atoms with Crippen LogP contribution in [0, 0.1) is 11.7 Å². The third kappa shape index (κ3) is 5.74. The molecule has 0 amide bonds. The van der Waals surface area contributed by atoms with Crippen molar-refractivity contribution in [1.82, 2.24) is 0 Å². The van der Waals surface area contributed by atoms with E-state index < -0.39 is 0 Å². The SMILES string of the molecule is CCCCOc1ccc2c(c1)CCC(c1ccc(C3CCC(CCCC)CC3)cc1F)C2. The van der Waals surface area contributed by atoms with Gasteiger partial charge in [-0.05, 0) is 110 Å². The highest BCUT2D eigenvalue weighted by Gasteiger charge is 2.26. The van der Waals surface area contributed by atoms with Gasteiger partial charge in [0.25, 0.3) is 0 Å². The molecule has 0 aliphatic heterocycles. The summed E-state index contributed by atoms with van der Waals surface area (Å²) in [5.74, 6) is 2.73. The van der Waals surface area contributed by atoms with Crippen LogP contribution in [0.4, 0.5) is 4.39 Å². The van der Waals surface area contributed by atoms with Gasteiger partial charge in [-0.2, -0.15) is 0 Å². The molecule has 4 rings (SSSR count). The van der Waals surface area contributed by atoms with Crippen LogP contribution in [0.2, 0.25) is 0 Å². The van der Waals surface area contributed by atoms with E-state index >= 15 is 4.39 Å². The molecular formula is C30H41FO. The third-order valence-corrected chi connectivity index (χ3v) is 7.92. The Labute approximate surface area is 194 Å². The summed E-state index contributed by atoms with van der Waals surface area (Å²) in [5.41, 5.74) is 4.88. The first kappa shape index (κ1) is 23.3. The van der Waals surface area contributed by atoms with Crippen molar-refractivity contribution in [2.45, 2.75) is 103 Å². The lowest BCUT2D eigenvalue weighted by Gasteiger charge is -2.30. The van der Waals surface area contributed by atoms with E-state index in [-0.39, 0.29) is 11.7 Å². The lowest BCUT2D eigenvalue weighted by molar-refractivity contribution is 0.304. The van der Waals surface area contributed by atoms with Gasteiger partial charge in [0.05, 0.1) is 6.61 Å². The normalized spacial score (nSPS) is 23.0. The molecule has 0 saturated heterocycles. The molecule has 1 fully saturated rings. The molecule has 2 aromatic rings. The first-order chi connectivity index (χ1) is 15.7. The van der Waals surface area contributed by atoms with Crippen molar-refractivity contribution in [3.05, 3.63) is 64.5 Å². The zero-order chi connectivity index (χ0) is 22.3. The van der Waals surface area contributed by atoms with Crippen LogP contribution < -0.4 is 4.74 Å². The predicted octanol–water partition coefficient (Wildman–Crippen LogP) is 8.74. The molecule has 0 heterocycles. The van der Waals surface area contributed by atoms with Crippen LogP contribution in [-0.4, -0.2) is 6.61 Å². The summed E-state index contributed by atoms with van der Waals surface area (Å²) in [7, 11) is 0. The fraction of sp³-hybridized carbons (Fsp3) is 0.600. The maximum Gasteiger partial charge on any atom is 0.126 e. The summed E-state index contributed by atoms with van der Waals surface area (Å²) >= 11 is 0. The molecule has 1 nitrogen and oxygen atoms in total. The molecule has 1 saturated carbocycles. The van der Waals surface area contributed by atoms with Crippen molar-refractivity contribution in [2.24, 2.45) is 5.92 Å². The Bertz CT molecular complexity index is 865. The molecule has 0 bridgehead atoms. The first-order valence-corrected chi connectivity index (χ1v) is 13.2. The van der Waals surface area contributed by atoms with E-state index in [9.17, 15) is 0 Å². The summed E-state index contributed by atoms with van der Waals surface area (Å²) in [6.07, 6.45) is 14.3. The molecule has 2 heteroatoms. The number of aryl methyl sites for hydroxylation is 1. The van der Waals surface area contributed by atoms with Gasteiger partial charge in [0, 0.05) is 0 Å². The highest BCUT2D eigenvalue weighted by molar-refractivity contribution is 5.40. The Hall–Kier alpha value is -1.83. The van der Waals surface area contributed by atoms with Crippen LogP contribution in [0.5, 0.6) is 5.75 Å². The van der Waals surface area contributed by atoms with Crippen LogP contribution in [0.15, 0.2) is 36.4 Å². The van der Waals surface area contributed by atoms with Crippen molar-refractivity contribution in [3.8, 4) is 5.75 Å². The predicted molar refractivity (Wildman–Crippen MR) is 132 cm³/mol. The van der Waals surface area contributed by atoms with Gasteiger partial charge in [-0.1, -0.05) is 57.7 Å². The van der Waals surface area contributed by atoms with Crippen molar-refractivity contribution in [2.75, 3.05) is 6.61 Å². The van der Waals surface area contributed by atoms with Crippen LogP contribution in [0.1, 0.15) is 112 Å². The number of halogens is 1. The highest BCUT2D eigenvalue weighted by Crippen LogP contribution is 2.40. The number of unbranched alkanes of at least 4 members (excludes halogenated alkanes) is 2. The molecule has 1 unspecified atom stereocenters. The van der Waals surface area contributed by atoms with Crippen LogP contribution >= 0.6 is 0 Å². The van der Waals surface area contributed by atoms with Crippen molar-refractivity contribution >= 4 is 0 Å². The Morgan fingerprint density at radius 3 is 2.41 bits per heavy atom. The summed E-state index contributed by atoms with van der Waals surface area (Å²) in [6.45, 7) is 5.25. The number of hydrogen-bond acceptors (Lipinski definition) is 1. The van der Waals surface area contributed by atoms with E-state index in [1.54, 1.807) is 0 Å². The van der Waals surface area contributed by atoms with Crippen LogP contribution in [0.25, 0.3) is 0 Å². The van der Waals surface area contributed by atoms with Gasteiger partial charge >= 0.3 is 0 Å². The van der Waals surface area contributed by atoms with Crippen LogP contribution in [-0.2, 0) is 12.8 Å². The van der Waals surface area contributed by atoms with Gasteiger partial charge < -0.3 is 4.74 Å². The topological polar surface area (TPSA) is 9.23 Å². The van der Waals surface area contributed by atoms with E-state index in [2.05, 4.69) is 44.2 Å². The smallest absolute Gasteiger partial charge is 0.126 e. The molecule has 0 radical (unpaired) electrons. The molecule has 174 valence electrons. The average Bonchev–Trinajstić information content (AvgIpc) is 2.83. The van der Waals surface area contributed by atoms with E-state index in [1.807, 2.05) is 6.07 Å². The van der Waals surface area contributed by atoms with Crippen molar-refractivity contribution in [3.63, 3.8) is 0 Å². The molecule has 2 aromatic carbocycles. The fourth-order valence-electron chi connectivity index (χ4n) is 5.83. The molecule has 32 heavy (non-hydrogen) atoms. The minimum absolute atomic E-state index is 0.0172. The lowest BCUT2D eigenvalue weighted by Crippen LogP contribution is -2.16. The van der Waals surface area contributed by atoms with Crippen molar-refractivity contribution < 1.29 is 9.13 Å². The maximum absolute atomic E-state index is 15.2. The second-order valence-electron chi connectivity index (χ2n) is 10.2. The van der Waals surface area contributed by atoms with Gasteiger partial charge in [-0.3, -0.25) is 0 Å². The van der Waals surface area contributed by atoms with Gasteiger partial charge in [0.2, 0.25) is 0 Å². The van der Waals surface area contributed by atoms with E-state index in [4.69, 9.17) is 4.74 Å². The molecule has 2 aliphatic rings. The highest BCUT2D eigenvalue weighted by atomic mass is 19.1. The lowest BCUT2D eigenvalue weighted by atomic mass is 9.76. The summed E-state index contributed by atoms with van der Waals surface area (Å²) in [6, 6.07) is 12.7. The summed E-state index contributed by atoms with van der Waals surface area (Å²) < 4.78 is 21.1. The minimum atomic E-state index is 0.0172. The van der Waals surface area contributed by atoms with Gasteiger partial charge in [0.15, 0.2) is 0 Å². The zero-order valence-electron chi connectivity index (χ0n) is 20.2. The second-order valence-corrected chi connectivity index (χ2v) is 10.2. The van der Waals surface area contributed by atoms with Crippen molar-refractivity contribution in [1.29, 1.82) is 0 Å². The Kier molecular flexibility index (Phi) is 8.27. The van der Waals surface area contributed by atoms with Gasteiger partial charge in [-0.25, -0.2) is 4.39 Å². The molecule has 2 aliphatic carbocycles. The molecule has 0 aromatic heterocycles. The third-order valence-electron chi connectivity index (χ3n) is 7.92. The van der Waals surface area contributed by atoms with Crippen LogP contribution in [0.3, 0.4) is 0 Å². The standard InChI is InChI=1S/C30H41FO/c1-3-5-7-22-8-10-23(11-9-22)26-15-17-29(30(31)21-26)27-13-12-25-20-28(32-18-6-4-2)16-14-24(25)19-27/h14-17,20-23,27H,3-13,18-19H2,1-2H3. The summed E-state index contributed by atoms with van der Waals surface area (Å²) in [5, 5.41) is 0. The molecule has 1 atom stereocenters. The first-order valence-electron chi connectivity index (χ1n) is 13.2. The minimum Gasteiger partial charge on any atom is -0.494 e. The van der Waals surface area contributed by atoms with E-state index in [0.717, 1.165) is 55.9 Å². The van der Waals surface area contributed by atoms with Gasteiger partial charge in [-0.15, -0.1) is 0 Å².